The molecular formula is C14H11N3OS. The Balaban J connectivity index is 1.77. The first-order chi connectivity index (χ1) is 9.34. The first-order valence-corrected chi connectivity index (χ1v) is 6.82. The number of carbonyl (C=O) groups is 1. The van der Waals surface area contributed by atoms with E-state index < -0.39 is 0 Å². The van der Waals surface area contributed by atoms with E-state index in [1.54, 1.807) is 24.7 Å². The molecule has 0 bridgehead atoms. The van der Waals surface area contributed by atoms with Crippen LogP contribution in [-0.2, 0) is 0 Å². The average molecular weight is 269 g/mol. The summed E-state index contributed by atoms with van der Waals surface area (Å²) in [6.07, 6.45) is 5.11. The van der Waals surface area contributed by atoms with Gasteiger partial charge in [0.15, 0.2) is 10.9 Å². The first-order valence-electron chi connectivity index (χ1n) is 5.84. The second-order valence-electron chi connectivity index (χ2n) is 3.99. The molecule has 19 heavy (non-hydrogen) atoms. The highest BCUT2D eigenvalue weighted by atomic mass is 32.2. The maximum Gasteiger partial charge on any atom is 0.187 e. The highest BCUT2D eigenvalue weighted by Gasteiger charge is 2.12. The minimum absolute atomic E-state index is 0.0786. The molecule has 0 atom stereocenters. The Hall–Kier alpha value is -2.14. The summed E-state index contributed by atoms with van der Waals surface area (Å²) in [7, 11) is 0. The van der Waals surface area contributed by atoms with Gasteiger partial charge in [0.25, 0.3) is 0 Å². The largest absolute Gasteiger partial charge is 0.360 e. The molecule has 0 aliphatic rings. The van der Waals surface area contributed by atoms with E-state index in [0.29, 0.717) is 10.9 Å². The van der Waals surface area contributed by atoms with Crippen LogP contribution in [0.5, 0.6) is 0 Å². The Morgan fingerprint density at radius 1 is 1.16 bits per heavy atom. The van der Waals surface area contributed by atoms with E-state index in [9.17, 15) is 4.79 Å². The van der Waals surface area contributed by atoms with Gasteiger partial charge in [-0.25, -0.2) is 9.97 Å². The van der Waals surface area contributed by atoms with E-state index in [1.165, 1.54) is 11.8 Å². The SMILES string of the molecule is O=C(CSc1ncccn1)c1c[nH]c2ccccc12. The van der Waals surface area contributed by atoms with Crippen LogP contribution < -0.4 is 0 Å². The molecule has 3 rings (SSSR count). The molecular weight excluding hydrogens is 258 g/mol. The van der Waals surface area contributed by atoms with Gasteiger partial charge in [-0.2, -0.15) is 0 Å². The number of hydrogen-bond donors (Lipinski definition) is 1. The molecule has 0 radical (unpaired) electrons. The van der Waals surface area contributed by atoms with Gasteiger partial charge in [0.2, 0.25) is 0 Å². The molecule has 1 N–H and O–H groups in total. The van der Waals surface area contributed by atoms with E-state index >= 15 is 0 Å². The number of thioether (sulfide) groups is 1. The molecule has 0 aliphatic heterocycles. The fourth-order valence-electron chi connectivity index (χ4n) is 1.87. The van der Waals surface area contributed by atoms with Gasteiger partial charge in [-0.1, -0.05) is 30.0 Å². The summed E-state index contributed by atoms with van der Waals surface area (Å²) in [4.78, 5) is 23.5. The van der Waals surface area contributed by atoms with E-state index in [0.717, 1.165) is 16.5 Å². The lowest BCUT2D eigenvalue weighted by Gasteiger charge is -1.99. The minimum Gasteiger partial charge on any atom is -0.360 e. The van der Waals surface area contributed by atoms with Gasteiger partial charge in [-0.3, -0.25) is 4.79 Å². The van der Waals surface area contributed by atoms with Gasteiger partial charge in [0, 0.05) is 35.1 Å². The maximum absolute atomic E-state index is 12.2. The van der Waals surface area contributed by atoms with Crippen LogP contribution in [0.2, 0.25) is 0 Å². The molecule has 1 aromatic carbocycles. The standard InChI is InChI=1S/C14H11N3OS/c18-13(9-19-14-15-6-3-7-16-14)11-8-17-12-5-2-1-4-10(11)12/h1-8,17H,9H2. The van der Waals surface area contributed by atoms with Crippen molar-refractivity contribution in [3.8, 4) is 0 Å². The van der Waals surface area contributed by atoms with Crippen LogP contribution in [0, 0.1) is 0 Å². The Bertz CT molecular complexity index is 709. The fourth-order valence-corrected chi connectivity index (χ4v) is 2.56. The predicted molar refractivity (Wildman–Crippen MR) is 75.4 cm³/mol. The Labute approximate surface area is 114 Å². The highest BCUT2D eigenvalue weighted by molar-refractivity contribution is 7.99. The van der Waals surface area contributed by atoms with Crippen molar-refractivity contribution in [3.63, 3.8) is 0 Å². The second-order valence-corrected chi connectivity index (χ2v) is 4.93. The molecule has 2 heterocycles. The van der Waals surface area contributed by atoms with Crippen molar-refractivity contribution in [2.45, 2.75) is 5.16 Å². The zero-order valence-electron chi connectivity index (χ0n) is 10.0. The van der Waals surface area contributed by atoms with Gasteiger partial charge in [-0.15, -0.1) is 0 Å². The van der Waals surface area contributed by atoms with Crippen molar-refractivity contribution in [2.24, 2.45) is 0 Å². The Morgan fingerprint density at radius 3 is 2.79 bits per heavy atom. The van der Waals surface area contributed by atoms with Crippen molar-refractivity contribution in [1.82, 2.24) is 15.0 Å². The number of hydrogen-bond acceptors (Lipinski definition) is 4. The number of carbonyl (C=O) groups excluding carboxylic acids is 1. The van der Waals surface area contributed by atoms with Crippen molar-refractivity contribution in [2.75, 3.05) is 5.75 Å². The monoisotopic (exact) mass is 269 g/mol. The lowest BCUT2D eigenvalue weighted by Crippen LogP contribution is -2.02. The molecule has 3 aromatic rings. The van der Waals surface area contributed by atoms with Crippen LogP contribution >= 0.6 is 11.8 Å². The number of nitrogens with one attached hydrogen (secondary N) is 1. The number of rotatable bonds is 4. The molecule has 2 aromatic heterocycles. The van der Waals surface area contributed by atoms with Crippen LogP contribution in [0.15, 0.2) is 54.1 Å². The van der Waals surface area contributed by atoms with Gasteiger partial charge in [0.1, 0.15) is 0 Å². The summed E-state index contributed by atoms with van der Waals surface area (Å²) in [5, 5.41) is 1.58. The summed E-state index contributed by atoms with van der Waals surface area (Å²) >= 11 is 1.35. The lowest BCUT2D eigenvalue weighted by atomic mass is 10.1. The molecule has 5 heteroatoms. The maximum atomic E-state index is 12.2. The molecule has 0 aliphatic carbocycles. The van der Waals surface area contributed by atoms with E-state index in [4.69, 9.17) is 0 Å². The third-order valence-electron chi connectivity index (χ3n) is 2.76. The van der Waals surface area contributed by atoms with Gasteiger partial charge in [0.05, 0.1) is 5.75 Å². The van der Waals surface area contributed by atoms with Gasteiger partial charge < -0.3 is 4.98 Å². The highest BCUT2D eigenvalue weighted by Crippen LogP contribution is 2.21. The number of aromatic amines is 1. The van der Waals surface area contributed by atoms with E-state index in [2.05, 4.69) is 15.0 Å². The predicted octanol–water partition coefficient (Wildman–Crippen LogP) is 2.93. The third-order valence-corrected chi connectivity index (χ3v) is 3.64. The van der Waals surface area contributed by atoms with Gasteiger partial charge >= 0.3 is 0 Å². The number of aromatic nitrogens is 3. The number of H-pyrrole nitrogens is 1. The van der Waals surface area contributed by atoms with Crippen molar-refractivity contribution in [3.05, 3.63) is 54.5 Å². The molecule has 0 unspecified atom stereocenters. The normalized spacial score (nSPS) is 10.7. The fraction of sp³-hybridized carbons (Fsp3) is 0.0714. The van der Waals surface area contributed by atoms with Crippen molar-refractivity contribution >= 4 is 28.4 Å². The number of Topliss-reactive ketones (excluding diaryl/α,β-unsaturated/α-hetero) is 1. The van der Waals surface area contributed by atoms with Crippen LogP contribution in [-0.4, -0.2) is 26.5 Å². The molecule has 0 saturated heterocycles. The van der Waals surface area contributed by atoms with Crippen LogP contribution in [0.3, 0.4) is 0 Å². The van der Waals surface area contributed by atoms with Crippen molar-refractivity contribution < 1.29 is 4.79 Å². The molecule has 0 saturated carbocycles. The number of ketones is 1. The summed E-state index contributed by atoms with van der Waals surface area (Å²) in [6, 6.07) is 9.54. The van der Waals surface area contributed by atoms with Crippen LogP contribution in [0.1, 0.15) is 10.4 Å². The number of para-hydroxylation sites is 1. The quantitative estimate of drug-likeness (QED) is 0.449. The van der Waals surface area contributed by atoms with E-state index in [1.807, 2.05) is 24.3 Å². The smallest absolute Gasteiger partial charge is 0.187 e. The average Bonchev–Trinajstić information content (AvgIpc) is 2.90. The molecule has 0 amide bonds. The van der Waals surface area contributed by atoms with Crippen molar-refractivity contribution in [1.29, 1.82) is 0 Å². The summed E-state index contributed by atoms with van der Waals surface area (Å²) in [6.45, 7) is 0. The molecule has 94 valence electrons. The third kappa shape index (κ3) is 2.51. The summed E-state index contributed by atoms with van der Waals surface area (Å²) in [5.41, 5.74) is 1.70. The Morgan fingerprint density at radius 2 is 1.95 bits per heavy atom. The van der Waals surface area contributed by atoms with E-state index in [-0.39, 0.29) is 5.78 Å². The second kappa shape index (κ2) is 5.24. The topological polar surface area (TPSA) is 58.6 Å². The lowest BCUT2D eigenvalue weighted by molar-refractivity contribution is 0.102. The summed E-state index contributed by atoms with van der Waals surface area (Å²) < 4.78 is 0. The number of fused-ring (bicyclic) bond motifs is 1. The van der Waals surface area contributed by atoms with Crippen LogP contribution in [0.25, 0.3) is 10.9 Å². The molecule has 0 fully saturated rings. The molecule has 4 nitrogen and oxygen atoms in total. The Kier molecular flexibility index (Phi) is 3.29. The first kappa shape index (κ1) is 11.9. The minimum atomic E-state index is 0.0786. The zero-order valence-corrected chi connectivity index (χ0v) is 10.9. The number of benzene rings is 1. The zero-order chi connectivity index (χ0) is 13.1. The van der Waals surface area contributed by atoms with Gasteiger partial charge in [-0.05, 0) is 12.1 Å². The summed E-state index contributed by atoms with van der Waals surface area (Å²) in [5.74, 6) is 0.418. The van der Waals surface area contributed by atoms with Crippen LogP contribution in [0.4, 0.5) is 0 Å². The molecule has 0 spiro atoms. The number of nitrogens with zero attached hydrogens (tertiary/aromatic N) is 2.